The van der Waals surface area contributed by atoms with Crippen LogP contribution in [0.3, 0.4) is 0 Å². The first kappa shape index (κ1) is 12.5. The Hall–Kier alpha value is -0.570. The monoisotopic (exact) mass is 212 g/mol. The van der Waals surface area contributed by atoms with Crippen LogP contribution in [0.2, 0.25) is 0 Å². The zero-order valence-corrected chi connectivity index (χ0v) is 10.3. The number of nitrogens with zero attached hydrogens (tertiary/aromatic N) is 1. The molecular weight excluding hydrogens is 188 g/mol. The Morgan fingerprint density at radius 3 is 2.73 bits per heavy atom. The minimum atomic E-state index is 0.124. The third-order valence-electron chi connectivity index (χ3n) is 3.56. The van der Waals surface area contributed by atoms with Crippen LogP contribution < -0.4 is 5.73 Å². The highest BCUT2D eigenvalue weighted by atomic mass is 16.2. The lowest BCUT2D eigenvalue weighted by Gasteiger charge is -2.29. The van der Waals surface area contributed by atoms with Crippen molar-refractivity contribution in [3.8, 4) is 0 Å². The van der Waals surface area contributed by atoms with Gasteiger partial charge in [0.1, 0.15) is 0 Å². The Bertz CT molecular complexity index is 226. The molecule has 1 atom stereocenters. The van der Waals surface area contributed by atoms with Gasteiger partial charge in [-0.2, -0.15) is 0 Å². The fourth-order valence-electron chi connectivity index (χ4n) is 2.05. The summed E-state index contributed by atoms with van der Waals surface area (Å²) in [5, 5.41) is 0. The molecule has 0 bridgehead atoms. The summed E-state index contributed by atoms with van der Waals surface area (Å²) in [5.74, 6) is 0.287. The molecule has 1 aliphatic rings. The summed E-state index contributed by atoms with van der Waals surface area (Å²) in [6.45, 7) is 7.95. The van der Waals surface area contributed by atoms with E-state index in [2.05, 4.69) is 20.8 Å². The van der Waals surface area contributed by atoms with Crippen molar-refractivity contribution in [3.05, 3.63) is 0 Å². The van der Waals surface area contributed by atoms with E-state index < -0.39 is 0 Å². The lowest BCUT2D eigenvalue weighted by Crippen LogP contribution is -2.41. The third kappa shape index (κ3) is 3.20. The SMILES string of the molecule is CCC(C)(C)CC(=O)N1CCCC1CN. The fourth-order valence-corrected chi connectivity index (χ4v) is 2.05. The van der Waals surface area contributed by atoms with E-state index in [0.29, 0.717) is 19.0 Å². The zero-order chi connectivity index (χ0) is 11.5. The highest BCUT2D eigenvalue weighted by molar-refractivity contribution is 5.77. The number of amides is 1. The summed E-state index contributed by atoms with van der Waals surface area (Å²) in [6.07, 6.45) is 3.88. The van der Waals surface area contributed by atoms with Gasteiger partial charge in [0.2, 0.25) is 5.91 Å². The molecule has 0 radical (unpaired) electrons. The number of carbonyl (C=O) groups is 1. The van der Waals surface area contributed by atoms with Crippen molar-refractivity contribution in [1.29, 1.82) is 0 Å². The van der Waals surface area contributed by atoms with E-state index in [4.69, 9.17) is 5.73 Å². The molecule has 1 fully saturated rings. The Kier molecular flexibility index (Phi) is 4.14. The van der Waals surface area contributed by atoms with Crippen LogP contribution >= 0.6 is 0 Å². The van der Waals surface area contributed by atoms with Crippen molar-refractivity contribution < 1.29 is 4.79 Å². The first-order chi connectivity index (χ1) is 7.00. The molecule has 1 rings (SSSR count). The number of hydrogen-bond donors (Lipinski definition) is 1. The predicted molar refractivity (Wildman–Crippen MR) is 62.5 cm³/mol. The largest absolute Gasteiger partial charge is 0.338 e. The van der Waals surface area contributed by atoms with Crippen LogP contribution in [0, 0.1) is 5.41 Å². The molecule has 3 nitrogen and oxygen atoms in total. The van der Waals surface area contributed by atoms with Crippen molar-refractivity contribution in [2.45, 2.75) is 52.5 Å². The van der Waals surface area contributed by atoms with Crippen LogP contribution in [-0.4, -0.2) is 29.9 Å². The third-order valence-corrected chi connectivity index (χ3v) is 3.56. The molecule has 0 aromatic rings. The minimum Gasteiger partial charge on any atom is -0.338 e. The van der Waals surface area contributed by atoms with Crippen LogP contribution in [0.25, 0.3) is 0 Å². The van der Waals surface area contributed by atoms with Crippen LogP contribution in [0.5, 0.6) is 0 Å². The van der Waals surface area contributed by atoms with E-state index >= 15 is 0 Å². The van der Waals surface area contributed by atoms with E-state index in [0.717, 1.165) is 25.8 Å². The number of nitrogens with two attached hydrogens (primary N) is 1. The summed E-state index contributed by atoms with van der Waals surface area (Å²) in [7, 11) is 0. The number of likely N-dealkylation sites (tertiary alicyclic amines) is 1. The van der Waals surface area contributed by atoms with Gasteiger partial charge in [-0.05, 0) is 18.3 Å². The lowest BCUT2D eigenvalue weighted by atomic mass is 9.86. The molecule has 0 aromatic heterocycles. The summed E-state index contributed by atoms with van der Waals surface area (Å²) >= 11 is 0. The second-order valence-electron chi connectivity index (χ2n) is 5.31. The number of carbonyl (C=O) groups excluding carboxylic acids is 1. The highest BCUT2D eigenvalue weighted by Gasteiger charge is 2.30. The highest BCUT2D eigenvalue weighted by Crippen LogP contribution is 2.27. The molecule has 1 heterocycles. The van der Waals surface area contributed by atoms with Crippen molar-refractivity contribution >= 4 is 5.91 Å². The number of hydrogen-bond acceptors (Lipinski definition) is 2. The maximum Gasteiger partial charge on any atom is 0.223 e. The van der Waals surface area contributed by atoms with Crippen LogP contribution in [0.15, 0.2) is 0 Å². The van der Waals surface area contributed by atoms with Gasteiger partial charge in [0.05, 0.1) is 0 Å². The van der Waals surface area contributed by atoms with Gasteiger partial charge in [-0.25, -0.2) is 0 Å². The molecule has 1 aliphatic heterocycles. The predicted octanol–water partition coefficient (Wildman–Crippen LogP) is 1.76. The maximum atomic E-state index is 12.1. The molecule has 15 heavy (non-hydrogen) atoms. The topological polar surface area (TPSA) is 46.3 Å². The molecule has 1 saturated heterocycles. The van der Waals surface area contributed by atoms with Crippen LogP contribution in [0.4, 0.5) is 0 Å². The summed E-state index contributed by atoms with van der Waals surface area (Å²) in [5.41, 5.74) is 5.79. The molecule has 3 heteroatoms. The van der Waals surface area contributed by atoms with Gasteiger partial charge >= 0.3 is 0 Å². The van der Waals surface area contributed by atoms with E-state index in [9.17, 15) is 4.79 Å². The molecule has 88 valence electrons. The average molecular weight is 212 g/mol. The van der Waals surface area contributed by atoms with E-state index in [1.165, 1.54) is 0 Å². The fraction of sp³-hybridized carbons (Fsp3) is 0.917. The smallest absolute Gasteiger partial charge is 0.223 e. The van der Waals surface area contributed by atoms with Crippen LogP contribution in [0.1, 0.15) is 46.5 Å². The van der Waals surface area contributed by atoms with Crippen molar-refractivity contribution in [3.63, 3.8) is 0 Å². The first-order valence-corrected chi connectivity index (χ1v) is 5.99. The maximum absolute atomic E-state index is 12.1. The summed E-state index contributed by atoms with van der Waals surface area (Å²) in [4.78, 5) is 14.0. The van der Waals surface area contributed by atoms with Crippen molar-refractivity contribution in [2.75, 3.05) is 13.1 Å². The summed E-state index contributed by atoms with van der Waals surface area (Å²) in [6, 6.07) is 0.296. The Labute approximate surface area is 93.0 Å². The standard InChI is InChI=1S/C12H24N2O/c1-4-12(2,3)8-11(15)14-7-5-6-10(14)9-13/h10H,4-9,13H2,1-3H3. The van der Waals surface area contributed by atoms with Gasteiger partial charge in [0.15, 0.2) is 0 Å². The van der Waals surface area contributed by atoms with E-state index in [1.807, 2.05) is 4.90 Å². The molecule has 2 N–H and O–H groups in total. The van der Waals surface area contributed by atoms with Gasteiger partial charge in [-0.1, -0.05) is 27.2 Å². The van der Waals surface area contributed by atoms with Crippen LogP contribution in [-0.2, 0) is 4.79 Å². The Morgan fingerprint density at radius 1 is 1.53 bits per heavy atom. The second-order valence-corrected chi connectivity index (χ2v) is 5.31. The zero-order valence-electron chi connectivity index (χ0n) is 10.3. The molecule has 0 saturated carbocycles. The van der Waals surface area contributed by atoms with Gasteiger partial charge in [-0.15, -0.1) is 0 Å². The van der Waals surface area contributed by atoms with Gasteiger partial charge in [0, 0.05) is 25.6 Å². The number of rotatable bonds is 4. The van der Waals surface area contributed by atoms with E-state index in [-0.39, 0.29) is 11.3 Å². The molecular formula is C12H24N2O. The van der Waals surface area contributed by atoms with E-state index in [1.54, 1.807) is 0 Å². The van der Waals surface area contributed by atoms with Crippen molar-refractivity contribution in [2.24, 2.45) is 11.1 Å². The molecule has 0 spiro atoms. The van der Waals surface area contributed by atoms with Gasteiger partial charge < -0.3 is 10.6 Å². The Balaban J connectivity index is 2.53. The first-order valence-electron chi connectivity index (χ1n) is 5.99. The molecule has 1 amide bonds. The van der Waals surface area contributed by atoms with Gasteiger partial charge in [0.25, 0.3) is 0 Å². The quantitative estimate of drug-likeness (QED) is 0.772. The average Bonchev–Trinajstić information content (AvgIpc) is 2.64. The second kappa shape index (κ2) is 4.97. The minimum absolute atomic E-state index is 0.124. The molecule has 0 aliphatic carbocycles. The molecule has 0 aromatic carbocycles. The normalized spacial score (nSPS) is 22.1. The van der Waals surface area contributed by atoms with Crippen molar-refractivity contribution in [1.82, 2.24) is 4.90 Å². The Morgan fingerprint density at radius 2 is 2.20 bits per heavy atom. The molecule has 1 unspecified atom stereocenters. The van der Waals surface area contributed by atoms with Gasteiger partial charge in [-0.3, -0.25) is 4.79 Å². The summed E-state index contributed by atoms with van der Waals surface area (Å²) < 4.78 is 0. The lowest BCUT2D eigenvalue weighted by molar-refractivity contribution is -0.134.